The summed E-state index contributed by atoms with van der Waals surface area (Å²) in [6.07, 6.45) is 1.47. The van der Waals surface area contributed by atoms with E-state index in [1.54, 1.807) is 30.3 Å². The first-order valence-electron chi connectivity index (χ1n) is 9.64. The summed E-state index contributed by atoms with van der Waals surface area (Å²) in [5, 5.41) is 12.2. The lowest BCUT2D eigenvalue weighted by atomic mass is 10.1. The van der Waals surface area contributed by atoms with E-state index in [9.17, 15) is 14.4 Å². The predicted molar refractivity (Wildman–Crippen MR) is 125 cm³/mol. The van der Waals surface area contributed by atoms with Gasteiger partial charge in [0, 0.05) is 10.2 Å². The topological polar surface area (TPSA) is 71.3 Å². The highest BCUT2D eigenvalue weighted by atomic mass is 79.9. The van der Waals surface area contributed by atoms with Gasteiger partial charge < -0.3 is 14.8 Å². The number of nitrogens with zero attached hydrogens (tertiary/aromatic N) is 1. The minimum absolute atomic E-state index is 0.0609. The van der Waals surface area contributed by atoms with Crippen molar-refractivity contribution < 1.29 is 18.7 Å². The van der Waals surface area contributed by atoms with Crippen molar-refractivity contribution in [2.24, 2.45) is 0 Å². The van der Waals surface area contributed by atoms with Crippen LogP contribution in [0.2, 0.25) is 0 Å². The molecule has 0 fully saturated rings. The van der Waals surface area contributed by atoms with E-state index in [2.05, 4.69) is 21.2 Å². The molecule has 5 nitrogen and oxygen atoms in total. The molecule has 0 aliphatic heterocycles. The Morgan fingerprint density at radius 3 is 2.56 bits per heavy atom. The Labute approximate surface area is 194 Å². The molecule has 0 heterocycles. The second-order valence-corrected chi connectivity index (χ2v) is 7.79. The van der Waals surface area contributed by atoms with Crippen molar-refractivity contribution >= 4 is 33.6 Å². The average Bonchev–Trinajstić information content (AvgIpc) is 2.78. The Morgan fingerprint density at radius 2 is 1.91 bits per heavy atom. The van der Waals surface area contributed by atoms with Crippen LogP contribution in [0.1, 0.15) is 16.7 Å². The normalized spacial score (nSPS) is 10.9. The molecule has 3 aromatic rings. The van der Waals surface area contributed by atoms with Crippen LogP contribution < -0.4 is 14.8 Å². The van der Waals surface area contributed by atoms with Crippen molar-refractivity contribution in [2.75, 3.05) is 12.4 Å². The monoisotopic (exact) mass is 494 g/mol. The van der Waals surface area contributed by atoms with E-state index < -0.39 is 5.91 Å². The van der Waals surface area contributed by atoms with Gasteiger partial charge in [-0.3, -0.25) is 4.79 Å². The Kier molecular flexibility index (Phi) is 7.63. The number of benzene rings is 3. The Hall–Kier alpha value is -3.63. The lowest BCUT2D eigenvalue weighted by Crippen LogP contribution is -2.13. The van der Waals surface area contributed by atoms with Crippen LogP contribution in [0, 0.1) is 24.1 Å². The first-order valence-corrected chi connectivity index (χ1v) is 10.4. The van der Waals surface area contributed by atoms with E-state index in [0.29, 0.717) is 27.2 Å². The summed E-state index contributed by atoms with van der Waals surface area (Å²) in [6, 6.07) is 18.6. The first kappa shape index (κ1) is 23.0. The van der Waals surface area contributed by atoms with Gasteiger partial charge in [0.05, 0.1) is 7.11 Å². The number of halogens is 2. The summed E-state index contributed by atoms with van der Waals surface area (Å²) in [5.74, 6) is 0.0621. The molecule has 3 rings (SSSR count). The Morgan fingerprint density at radius 1 is 1.16 bits per heavy atom. The van der Waals surface area contributed by atoms with Gasteiger partial charge in [0.25, 0.3) is 5.91 Å². The molecule has 162 valence electrons. The summed E-state index contributed by atoms with van der Waals surface area (Å²) >= 11 is 3.46. The highest BCUT2D eigenvalue weighted by molar-refractivity contribution is 9.10. The number of rotatable bonds is 7. The lowest BCUT2D eigenvalue weighted by molar-refractivity contribution is -0.112. The van der Waals surface area contributed by atoms with Gasteiger partial charge in [-0.1, -0.05) is 40.2 Å². The maximum Gasteiger partial charge on any atom is 0.266 e. The lowest BCUT2D eigenvalue weighted by Gasteiger charge is -2.13. The number of ether oxygens (including phenoxy) is 2. The fourth-order valence-corrected chi connectivity index (χ4v) is 3.34. The minimum atomic E-state index is -0.513. The van der Waals surface area contributed by atoms with Crippen LogP contribution in [0.15, 0.2) is 70.7 Å². The van der Waals surface area contributed by atoms with E-state index in [0.717, 1.165) is 11.1 Å². The smallest absolute Gasteiger partial charge is 0.266 e. The Balaban J connectivity index is 1.81. The zero-order chi connectivity index (χ0) is 23.1. The molecule has 0 aliphatic rings. The largest absolute Gasteiger partial charge is 0.493 e. The molecule has 7 heteroatoms. The van der Waals surface area contributed by atoms with Gasteiger partial charge in [0.2, 0.25) is 0 Å². The summed E-state index contributed by atoms with van der Waals surface area (Å²) in [7, 11) is 1.50. The van der Waals surface area contributed by atoms with Crippen LogP contribution in [-0.4, -0.2) is 13.0 Å². The maximum absolute atomic E-state index is 13.1. The number of anilines is 1. The van der Waals surface area contributed by atoms with E-state index in [1.165, 1.54) is 25.3 Å². The summed E-state index contributed by atoms with van der Waals surface area (Å²) < 4.78 is 24.9. The molecule has 32 heavy (non-hydrogen) atoms. The number of carbonyl (C=O) groups excluding carboxylic acids is 1. The average molecular weight is 495 g/mol. The van der Waals surface area contributed by atoms with Crippen molar-refractivity contribution in [1.29, 1.82) is 5.26 Å². The number of amides is 1. The summed E-state index contributed by atoms with van der Waals surface area (Å²) in [4.78, 5) is 12.6. The van der Waals surface area contributed by atoms with E-state index >= 15 is 0 Å². The van der Waals surface area contributed by atoms with Gasteiger partial charge in [-0.2, -0.15) is 5.26 Å². The third kappa shape index (κ3) is 5.96. The van der Waals surface area contributed by atoms with Crippen molar-refractivity contribution in [2.45, 2.75) is 13.5 Å². The molecular formula is C25H20BrFN2O3. The van der Waals surface area contributed by atoms with Crippen molar-refractivity contribution in [3.05, 3.63) is 93.2 Å². The minimum Gasteiger partial charge on any atom is -0.493 e. The van der Waals surface area contributed by atoms with Crippen molar-refractivity contribution in [3.8, 4) is 17.6 Å². The molecule has 0 spiro atoms. The maximum atomic E-state index is 13.1. The van der Waals surface area contributed by atoms with Crippen molar-refractivity contribution in [3.63, 3.8) is 0 Å². The Bertz CT molecular complexity index is 1200. The molecule has 0 saturated carbocycles. The first-order chi connectivity index (χ1) is 15.4. The van der Waals surface area contributed by atoms with Crippen LogP contribution >= 0.6 is 15.9 Å². The number of carbonyl (C=O) groups is 1. The van der Waals surface area contributed by atoms with Gasteiger partial charge >= 0.3 is 0 Å². The molecule has 3 aromatic carbocycles. The van der Waals surface area contributed by atoms with Gasteiger partial charge in [-0.15, -0.1) is 0 Å². The third-order valence-corrected chi connectivity index (χ3v) is 5.22. The number of nitriles is 1. The third-order valence-electron chi connectivity index (χ3n) is 4.53. The second-order valence-electron chi connectivity index (χ2n) is 6.93. The van der Waals surface area contributed by atoms with Crippen LogP contribution in [0.25, 0.3) is 6.08 Å². The zero-order valence-corrected chi connectivity index (χ0v) is 19.1. The van der Waals surface area contributed by atoms with Gasteiger partial charge in [0.1, 0.15) is 24.1 Å². The molecule has 0 bridgehead atoms. The van der Waals surface area contributed by atoms with Gasteiger partial charge in [0.15, 0.2) is 11.5 Å². The van der Waals surface area contributed by atoms with Crippen LogP contribution in [0.5, 0.6) is 11.5 Å². The summed E-state index contributed by atoms with van der Waals surface area (Å²) in [5.41, 5.74) is 2.92. The number of aryl methyl sites for hydroxylation is 1. The summed E-state index contributed by atoms with van der Waals surface area (Å²) in [6.45, 7) is 2.14. The molecule has 0 unspecified atom stereocenters. The quantitative estimate of drug-likeness (QED) is 0.321. The number of methoxy groups -OCH3 is 1. The fourth-order valence-electron chi connectivity index (χ4n) is 2.90. The van der Waals surface area contributed by atoms with E-state index in [-0.39, 0.29) is 18.0 Å². The molecule has 0 aliphatic carbocycles. The molecule has 0 radical (unpaired) electrons. The molecule has 0 saturated heterocycles. The van der Waals surface area contributed by atoms with Crippen LogP contribution in [0.3, 0.4) is 0 Å². The molecular weight excluding hydrogens is 475 g/mol. The fraction of sp³-hybridized carbons (Fsp3) is 0.120. The molecule has 0 aromatic heterocycles. The second kappa shape index (κ2) is 10.6. The number of hydrogen-bond donors (Lipinski definition) is 1. The zero-order valence-electron chi connectivity index (χ0n) is 17.5. The SMILES string of the molecule is COc1cc(C=C(C#N)C(=O)Nc2cccc(C)c2)c(Br)cc1OCc1ccc(F)cc1. The van der Waals surface area contributed by atoms with Gasteiger partial charge in [-0.25, -0.2) is 4.39 Å². The van der Waals surface area contributed by atoms with E-state index in [1.807, 2.05) is 31.2 Å². The predicted octanol–water partition coefficient (Wildman–Crippen LogP) is 6.03. The number of nitrogens with one attached hydrogen (secondary N) is 1. The highest BCUT2D eigenvalue weighted by Crippen LogP contribution is 2.35. The highest BCUT2D eigenvalue weighted by Gasteiger charge is 2.14. The molecule has 1 amide bonds. The number of hydrogen-bond acceptors (Lipinski definition) is 4. The van der Waals surface area contributed by atoms with Crippen molar-refractivity contribution in [1.82, 2.24) is 0 Å². The molecule has 1 N–H and O–H groups in total. The molecule has 0 atom stereocenters. The van der Waals surface area contributed by atoms with Gasteiger partial charge in [-0.05, 0) is 66.1 Å². The van der Waals surface area contributed by atoms with Crippen LogP contribution in [-0.2, 0) is 11.4 Å². The van der Waals surface area contributed by atoms with E-state index in [4.69, 9.17) is 9.47 Å². The standard InChI is InChI=1S/C25H20BrFN2O3/c1-16-4-3-5-21(10-16)29-25(30)19(14-28)11-18-12-23(31-2)24(13-22(18)26)32-15-17-6-8-20(27)9-7-17/h3-13H,15H2,1-2H3,(H,29,30). The van der Waals surface area contributed by atoms with Crippen LogP contribution in [0.4, 0.5) is 10.1 Å².